The number of amides is 1. The number of carbonyl (C=O) groups is 2. The van der Waals surface area contributed by atoms with Crippen LogP contribution >= 0.6 is 11.3 Å². The standard InChI is InChI=1S/C20H16N4O4S/c1-2-27-12-7-8-15-17(9-12)29-20(23-15)24-18(25)11-28-19(26)16-10-21-13-5-3-4-6-14(13)22-16/h3-10H,2,11H2,1H3,(H,23,24,25). The van der Waals surface area contributed by atoms with E-state index >= 15 is 0 Å². The largest absolute Gasteiger partial charge is 0.494 e. The Hall–Kier alpha value is -3.59. The fourth-order valence-electron chi connectivity index (χ4n) is 2.63. The fourth-order valence-corrected chi connectivity index (χ4v) is 3.54. The lowest BCUT2D eigenvalue weighted by Gasteiger charge is -2.04. The second-order valence-electron chi connectivity index (χ2n) is 5.95. The third-order valence-corrected chi connectivity index (χ3v) is 4.84. The Morgan fingerprint density at radius 1 is 1.07 bits per heavy atom. The van der Waals surface area contributed by atoms with Gasteiger partial charge in [0.1, 0.15) is 5.75 Å². The van der Waals surface area contributed by atoms with Crippen molar-refractivity contribution in [2.45, 2.75) is 6.92 Å². The maximum atomic E-state index is 12.2. The summed E-state index contributed by atoms with van der Waals surface area (Å²) in [7, 11) is 0. The van der Waals surface area contributed by atoms with E-state index in [1.54, 1.807) is 18.2 Å². The topological polar surface area (TPSA) is 103 Å². The molecule has 1 N–H and O–H groups in total. The zero-order valence-electron chi connectivity index (χ0n) is 15.4. The average Bonchev–Trinajstić information content (AvgIpc) is 3.13. The molecule has 146 valence electrons. The molecule has 0 aliphatic carbocycles. The van der Waals surface area contributed by atoms with Crippen molar-refractivity contribution in [2.75, 3.05) is 18.5 Å². The molecule has 0 bridgehead atoms. The Kier molecular flexibility index (Phi) is 5.30. The Morgan fingerprint density at radius 3 is 2.72 bits per heavy atom. The summed E-state index contributed by atoms with van der Waals surface area (Å²) in [6.07, 6.45) is 1.33. The van der Waals surface area contributed by atoms with E-state index in [1.807, 2.05) is 31.2 Å². The minimum absolute atomic E-state index is 0.0416. The van der Waals surface area contributed by atoms with Gasteiger partial charge in [-0.15, -0.1) is 0 Å². The predicted octanol–water partition coefficient (Wildman–Crippen LogP) is 3.43. The molecule has 4 aromatic rings. The molecule has 0 fully saturated rings. The normalized spacial score (nSPS) is 10.8. The first-order valence-corrected chi connectivity index (χ1v) is 9.66. The van der Waals surface area contributed by atoms with E-state index in [2.05, 4.69) is 20.3 Å². The molecule has 2 aromatic heterocycles. The molecular weight excluding hydrogens is 392 g/mol. The molecule has 0 radical (unpaired) electrons. The summed E-state index contributed by atoms with van der Waals surface area (Å²) in [5, 5.41) is 3.05. The highest BCUT2D eigenvalue weighted by molar-refractivity contribution is 7.22. The molecule has 0 saturated heterocycles. The summed E-state index contributed by atoms with van der Waals surface area (Å²) in [6.45, 7) is 2.03. The van der Waals surface area contributed by atoms with E-state index in [1.165, 1.54) is 17.5 Å². The van der Waals surface area contributed by atoms with Crippen LogP contribution in [-0.4, -0.2) is 40.0 Å². The highest BCUT2D eigenvalue weighted by Crippen LogP contribution is 2.29. The molecule has 0 atom stereocenters. The van der Waals surface area contributed by atoms with Crippen LogP contribution in [0, 0.1) is 0 Å². The molecule has 29 heavy (non-hydrogen) atoms. The molecule has 0 saturated carbocycles. The van der Waals surface area contributed by atoms with Gasteiger partial charge in [0.15, 0.2) is 17.4 Å². The third kappa shape index (κ3) is 4.30. The minimum Gasteiger partial charge on any atom is -0.494 e. The van der Waals surface area contributed by atoms with Crippen LogP contribution in [-0.2, 0) is 9.53 Å². The number of anilines is 1. The summed E-state index contributed by atoms with van der Waals surface area (Å²) in [4.78, 5) is 37.0. The van der Waals surface area contributed by atoms with Gasteiger partial charge in [0.25, 0.3) is 5.91 Å². The molecular formula is C20H16N4O4S. The summed E-state index contributed by atoms with van der Waals surface area (Å²) in [5.41, 5.74) is 2.04. The number of esters is 1. The van der Waals surface area contributed by atoms with Crippen molar-refractivity contribution in [3.05, 3.63) is 54.4 Å². The first-order valence-electron chi connectivity index (χ1n) is 8.84. The molecule has 9 heteroatoms. The maximum Gasteiger partial charge on any atom is 0.359 e. The van der Waals surface area contributed by atoms with Gasteiger partial charge in [-0.2, -0.15) is 0 Å². The second-order valence-corrected chi connectivity index (χ2v) is 6.98. The van der Waals surface area contributed by atoms with Crippen molar-refractivity contribution in [3.63, 3.8) is 0 Å². The summed E-state index contributed by atoms with van der Waals surface area (Å²) in [6, 6.07) is 12.7. The van der Waals surface area contributed by atoms with Gasteiger partial charge in [-0.1, -0.05) is 23.5 Å². The lowest BCUT2D eigenvalue weighted by Crippen LogP contribution is -2.21. The van der Waals surface area contributed by atoms with Crippen molar-refractivity contribution < 1.29 is 19.1 Å². The number of para-hydroxylation sites is 2. The van der Waals surface area contributed by atoms with Crippen LogP contribution in [0.3, 0.4) is 0 Å². The zero-order chi connectivity index (χ0) is 20.2. The minimum atomic E-state index is -0.718. The van der Waals surface area contributed by atoms with Gasteiger partial charge in [0.2, 0.25) is 0 Å². The van der Waals surface area contributed by atoms with Gasteiger partial charge in [-0.3, -0.25) is 15.1 Å². The predicted molar refractivity (Wildman–Crippen MR) is 109 cm³/mol. The highest BCUT2D eigenvalue weighted by atomic mass is 32.1. The lowest BCUT2D eigenvalue weighted by atomic mass is 10.3. The maximum absolute atomic E-state index is 12.2. The summed E-state index contributed by atoms with van der Waals surface area (Å²) >= 11 is 1.31. The van der Waals surface area contributed by atoms with E-state index in [0.29, 0.717) is 22.8 Å². The van der Waals surface area contributed by atoms with E-state index < -0.39 is 18.5 Å². The SMILES string of the molecule is CCOc1ccc2nc(NC(=O)COC(=O)c3cnc4ccccc4n3)sc2c1. The third-order valence-electron chi connectivity index (χ3n) is 3.91. The van der Waals surface area contributed by atoms with Crippen molar-refractivity contribution in [3.8, 4) is 5.75 Å². The van der Waals surface area contributed by atoms with Gasteiger partial charge in [-0.05, 0) is 37.3 Å². The van der Waals surface area contributed by atoms with Gasteiger partial charge < -0.3 is 9.47 Å². The Labute approximate surface area is 169 Å². The average molecular weight is 408 g/mol. The van der Waals surface area contributed by atoms with Crippen molar-refractivity contribution in [2.24, 2.45) is 0 Å². The molecule has 2 heterocycles. The molecule has 0 spiro atoms. The molecule has 4 rings (SSSR count). The van der Waals surface area contributed by atoms with Crippen molar-refractivity contribution >= 4 is 49.6 Å². The molecule has 2 aromatic carbocycles. The Bertz CT molecular complexity index is 1210. The highest BCUT2D eigenvalue weighted by Gasteiger charge is 2.14. The molecule has 1 amide bonds. The van der Waals surface area contributed by atoms with E-state index in [0.717, 1.165) is 16.0 Å². The van der Waals surface area contributed by atoms with Crippen molar-refractivity contribution in [1.29, 1.82) is 0 Å². The smallest absolute Gasteiger partial charge is 0.359 e. The molecule has 0 aliphatic heterocycles. The van der Waals surface area contributed by atoms with Crippen LogP contribution in [0.15, 0.2) is 48.7 Å². The zero-order valence-corrected chi connectivity index (χ0v) is 16.2. The number of hydrogen-bond donors (Lipinski definition) is 1. The Morgan fingerprint density at radius 2 is 1.90 bits per heavy atom. The van der Waals surface area contributed by atoms with Crippen LogP contribution in [0.4, 0.5) is 5.13 Å². The Balaban J connectivity index is 1.37. The van der Waals surface area contributed by atoms with Gasteiger partial charge in [0.05, 0.1) is 34.1 Å². The number of ether oxygens (including phenoxy) is 2. The number of rotatable bonds is 6. The first kappa shape index (κ1) is 18.8. The van der Waals surface area contributed by atoms with Crippen LogP contribution in [0.1, 0.15) is 17.4 Å². The molecule has 0 unspecified atom stereocenters. The van der Waals surface area contributed by atoms with Crippen LogP contribution < -0.4 is 10.1 Å². The number of thiazole rings is 1. The number of carbonyl (C=O) groups excluding carboxylic acids is 2. The number of nitrogens with zero attached hydrogens (tertiary/aromatic N) is 3. The van der Waals surface area contributed by atoms with Crippen molar-refractivity contribution in [1.82, 2.24) is 15.0 Å². The van der Waals surface area contributed by atoms with E-state index in [4.69, 9.17) is 9.47 Å². The second kappa shape index (κ2) is 8.19. The quantitative estimate of drug-likeness (QED) is 0.488. The van der Waals surface area contributed by atoms with E-state index in [9.17, 15) is 9.59 Å². The molecule has 8 nitrogen and oxygen atoms in total. The monoisotopic (exact) mass is 408 g/mol. The van der Waals surface area contributed by atoms with Crippen LogP contribution in [0.25, 0.3) is 21.3 Å². The number of benzene rings is 2. The number of nitrogens with one attached hydrogen (secondary N) is 1. The fraction of sp³-hybridized carbons (Fsp3) is 0.150. The van der Waals surface area contributed by atoms with Crippen LogP contribution in [0.2, 0.25) is 0 Å². The number of aromatic nitrogens is 3. The lowest BCUT2D eigenvalue weighted by molar-refractivity contribution is -0.119. The number of hydrogen-bond acceptors (Lipinski definition) is 8. The van der Waals surface area contributed by atoms with Crippen LogP contribution in [0.5, 0.6) is 5.75 Å². The molecule has 0 aliphatic rings. The number of fused-ring (bicyclic) bond motifs is 2. The first-order chi connectivity index (χ1) is 14.1. The van der Waals surface area contributed by atoms with E-state index in [-0.39, 0.29) is 5.69 Å². The summed E-state index contributed by atoms with van der Waals surface area (Å²) in [5.74, 6) is -0.466. The summed E-state index contributed by atoms with van der Waals surface area (Å²) < 4.78 is 11.4. The van der Waals surface area contributed by atoms with Gasteiger partial charge >= 0.3 is 5.97 Å². The van der Waals surface area contributed by atoms with Gasteiger partial charge in [-0.25, -0.2) is 14.8 Å². The van der Waals surface area contributed by atoms with Gasteiger partial charge in [0, 0.05) is 0 Å².